The summed E-state index contributed by atoms with van der Waals surface area (Å²) >= 11 is 5.21. The third kappa shape index (κ3) is 4.10. The lowest BCUT2D eigenvalue weighted by Crippen LogP contribution is -2.45. The van der Waals surface area contributed by atoms with E-state index in [1.807, 2.05) is 31.2 Å². The molecule has 5 nitrogen and oxygen atoms in total. The molecule has 2 N–H and O–H groups in total. The van der Waals surface area contributed by atoms with Crippen molar-refractivity contribution in [3.8, 4) is 5.75 Å². The Balaban J connectivity index is 2.37. The second kappa shape index (κ2) is 7.78. The van der Waals surface area contributed by atoms with Gasteiger partial charge in [-0.3, -0.25) is 0 Å². The lowest BCUT2D eigenvalue weighted by molar-refractivity contribution is -0.139. The van der Waals surface area contributed by atoms with Crippen molar-refractivity contribution in [2.75, 3.05) is 13.2 Å². The van der Waals surface area contributed by atoms with Gasteiger partial charge in [0.25, 0.3) is 0 Å². The quantitative estimate of drug-likeness (QED) is 0.474. The molecule has 1 heterocycles. The molecule has 0 aliphatic carbocycles. The Morgan fingerprint density at radius 3 is 2.96 bits per heavy atom. The summed E-state index contributed by atoms with van der Waals surface area (Å²) in [5.41, 5.74) is 2.08. The van der Waals surface area contributed by atoms with Crippen molar-refractivity contribution in [3.63, 3.8) is 0 Å². The SMILES string of the molecule is C=CCOc1cccc(C2NC(=S)NC(C)=C2C(=O)OCC)c1. The molecule has 1 unspecified atom stereocenters. The van der Waals surface area contributed by atoms with Crippen LogP contribution in [0.1, 0.15) is 25.5 Å². The zero-order valence-electron chi connectivity index (χ0n) is 13.2. The summed E-state index contributed by atoms with van der Waals surface area (Å²) in [6.45, 7) is 7.95. The Labute approximate surface area is 141 Å². The average Bonchev–Trinajstić information content (AvgIpc) is 2.52. The molecule has 6 heteroatoms. The minimum Gasteiger partial charge on any atom is -0.490 e. The van der Waals surface area contributed by atoms with Crippen LogP contribution in [-0.2, 0) is 9.53 Å². The van der Waals surface area contributed by atoms with Crippen LogP contribution in [0.15, 0.2) is 48.2 Å². The van der Waals surface area contributed by atoms with E-state index in [1.54, 1.807) is 13.0 Å². The van der Waals surface area contributed by atoms with Crippen molar-refractivity contribution in [2.24, 2.45) is 0 Å². The fraction of sp³-hybridized carbons (Fsp3) is 0.294. The molecule has 0 saturated carbocycles. The number of ether oxygens (including phenoxy) is 2. The average molecular weight is 332 g/mol. The highest BCUT2D eigenvalue weighted by Gasteiger charge is 2.30. The molecule has 122 valence electrons. The molecule has 1 atom stereocenters. The zero-order valence-corrected chi connectivity index (χ0v) is 14.0. The van der Waals surface area contributed by atoms with Gasteiger partial charge in [0.05, 0.1) is 18.2 Å². The maximum atomic E-state index is 12.3. The number of carbonyl (C=O) groups is 1. The van der Waals surface area contributed by atoms with Crippen LogP contribution in [0.25, 0.3) is 0 Å². The van der Waals surface area contributed by atoms with Crippen molar-refractivity contribution in [3.05, 3.63) is 53.8 Å². The van der Waals surface area contributed by atoms with Gasteiger partial charge in [-0.15, -0.1) is 0 Å². The van der Waals surface area contributed by atoms with Gasteiger partial charge in [-0.2, -0.15) is 0 Å². The predicted molar refractivity (Wildman–Crippen MR) is 93.1 cm³/mol. The maximum Gasteiger partial charge on any atom is 0.338 e. The van der Waals surface area contributed by atoms with E-state index in [9.17, 15) is 4.79 Å². The summed E-state index contributed by atoms with van der Waals surface area (Å²) in [4.78, 5) is 12.3. The third-order valence-corrected chi connectivity index (χ3v) is 3.54. The Morgan fingerprint density at radius 2 is 2.26 bits per heavy atom. The molecule has 23 heavy (non-hydrogen) atoms. The molecular weight excluding hydrogens is 312 g/mol. The van der Waals surface area contributed by atoms with Crippen LogP contribution in [0.5, 0.6) is 5.75 Å². The van der Waals surface area contributed by atoms with Gasteiger partial charge >= 0.3 is 5.97 Å². The van der Waals surface area contributed by atoms with Crippen LogP contribution in [0.3, 0.4) is 0 Å². The van der Waals surface area contributed by atoms with Crippen LogP contribution in [0.2, 0.25) is 0 Å². The van der Waals surface area contributed by atoms with Crippen molar-refractivity contribution in [1.82, 2.24) is 10.6 Å². The molecule has 1 aliphatic heterocycles. The molecular formula is C17H20N2O3S. The smallest absolute Gasteiger partial charge is 0.338 e. The second-order valence-corrected chi connectivity index (χ2v) is 5.37. The van der Waals surface area contributed by atoms with Crippen molar-refractivity contribution in [1.29, 1.82) is 0 Å². The van der Waals surface area contributed by atoms with Crippen LogP contribution in [-0.4, -0.2) is 24.3 Å². The molecule has 1 aromatic rings. The predicted octanol–water partition coefficient (Wildman–Crippen LogP) is 2.61. The van der Waals surface area contributed by atoms with Crippen LogP contribution in [0, 0.1) is 0 Å². The highest BCUT2D eigenvalue weighted by molar-refractivity contribution is 7.80. The van der Waals surface area contributed by atoms with Gasteiger partial charge in [0, 0.05) is 5.70 Å². The summed E-state index contributed by atoms with van der Waals surface area (Å²) in [5.74, 6) is 0.337. The number of hydrogen-bond acceptors (Lipinski definition) is 4. The lowest BCUT2D eigenvalue weighted by atomic mass is 9.95. The van der Waals surface area contributed by atoms with Gasteiger partial charge in [0.2, 0.25) is 0 Å². The fourth-order valence-electron chi connectivity index (χ4n) is 2.36. The van der Waals surface area contributed by atoms with Gasteiger partial charge in [-0.1, -0.05) is 24.8 Å². The van der Waals surface area contributed by atoms with Gasteiger partial charge in [-0.25, -0.2) is 4.79 Å². The van der Waals surface area contributed by atoms with Crippen molar-refractivity contribution >= 4 is 23.3 Å². The summed E-state index contributed by atoms with van der Waals surface area (Å²) in [6, 6.07) is 7.14. The molecule has 2 rings (SSSR count). The molecule has 0 radical (unpaired) electrons. The van der Waals surface area contributed by atoms with Crippen molar-refractivity contribution < 1.29 is 14.3 Å². The van der Waals surface area contributed by atoms with E-state index in [-0.39, 0.29) is 12.0 Å². The Morgan fingerprint density at radius 1 is 1.48 bits per heavy atom. The summed E-state index contributed by atoms with van der Waals surface area (Å²) in [5, 5.41) is 6.56. The molecule has 0 saturated heterocycles. The first-order valence-electron chi connectivity index (χ1n) is 7.35. The fourth-order valence-corrected chi connectivity index (χ4v) is 2.63. The normalized spacial score (nSPS) is 17.1. The van der Waals surface area contributed by atoms with Crippen LogP contribution >= 0.6 is 12.2 Å². The molecule has 0 fully saturated rings. The van der Waals surface area contributed by atoms with Gasteiger partial charge < -0.3 is 20.1 Å². The molecule has 0 spiro atoms. The van der Waals surface area contributed by atoms with Crippen LogP contribution in [0.4, 0.5) is 0 Å². The van der Waals surface area contributed by atoms with E-state index in [2.05, 4.69) is 17.2 Å². The number of rotatable bonds is 6. The number of nitrogens with one attached hydrogen (secondary N) is 2. The zero-order chi connectivity index (χ0) is 16.8. The van der Waals surface area contributed by atoms with E-state index in [1.165, 1.54) is 0 Å². The number of thiocarbonyl (C=S) groups is 1. The number of hydrogen-bond donors (Lipinski definition) is 2. The number of allylic oxidation sites excluding steroid dienone is 1. The third-order valence-electron chi connectivity index (χ3n) is 3.32. The van der Waals surface area contributed by atoms with E-state index < -0.39 is 0 Å². The minimum atomic E-state index is -0.380. The number of carbonyl (C=O) groups excluding carboxylic acids is 1. The first-order chi connectivity index (χ1) is 11.1. The van der Waals surface area contributed by atoms with Gasteiger partial charge in [0.15, 0.2) is 5.11 Å². The maximum absolute atomic E-state index is 12.3. The summed E-state index contributed by atoms with van der Waals surface area (Å²) < 4.78 is 10.7. The molecule has 1 aromatic carbocycles. The first kappa shape index (κ1) is 17.0. The van der Waals surface area contributed by atoms with E-state index in [0.717, 1.165) is 5.56 Å². The number of benzene rings is 1. The number of esters is 1. The lowest BCUT2D eigenvalue weighted by Gasteiger charge is -2.30. The highest BCUT2D eigenvalue weighted by Crippen LogP contribution is 2.29. The highest BCUT2D eigenvalue weighted by atomic mass is 32.1. The van der Waals surface area contributed by atoms with E-state index in [4.69, 9.17) is 21.7 Å². The Bertz CT molecular complexity index is 655. The largest absolute Gasteiger partial charge is 0.490 e. The first-order valence-corrected chi connectivity index (χ1v) is 7.76. The molecule has 0 amide bonds. The second-order valence-electron chi connectivity index (χ2n) is 4.96. The Kier molecular flexibility index (Phi) is 5.76. The topological polar surface area (TPSA) is 59.6 Å². The van der Waals surface area contributed by atoms with Gasteiger partial charge in [-0.05, 0) is 43.8 Å². The van der Waals surface area contributed by atoms with E-state index >= 15 is 0 Å². The summed E-state index contributed by atoms with van der Waals surface area (Å²) in [7, 11) is 0. The summed E-state index contributed by atoms with van der Waals surface area (Å²) in [6.07, 6.45) is 1.68. The van der Waals surface area contributed by atoms with Crippen LogP contribution < -0.4 is 15.4 Å². The molecule has 1 aliphatic rings. The van der Waals surface area contributed by atoms with E-state index in [0.29, 0.717) is 35.3 Å². The Hall–Kier alpha value is -2.34. The minimum absolute atomic E-state index is 0.315. The van der Waals surface area contributed by atoms with Crippen molar-refractivity contribution in [2.45, 2.75) is 19.9 Å². The molecule has 0 bridgehead atoms. The van der Waals surface area contributed by atoms with Gasteiger partial charge in [0.1, 0.15) is 12.4 Å². The molecule has 0 aromatic heterocycles. The monoisotopic (exact) mass is 332 g/mol. The standard InChI is InChI=1S/C17H20N2O3S/c1-4-9-22-13-8-6-7-12(10-13)15-14(16(20)21-5-2)11(3)18-17(23)19-15/h4,6-8,10,15H,1,5,9H2,2-3H3,(H2,18,19,23).